The number of rotatable bonds is 6. The highest BCUT2D eigenvalue weighted by molar-refractivity contribution is 4.97. The van der Waals surface area contributed by atoms with Gasteiger partial charge in [0.1, 0.15) is 5.60 Å². The average Bonchev–Trinajstić information content (AvgIpc) is 2.43. The molecule has 2 fully saturated rings. The topological polar surface area (TPSA) is 61.6 Å². The standard InChI is InChI=1S/C15H27NO4/c1-3-5-10-15(20-16(17)18)11-12-8-6-7-9-13(12)19-14(15)4-2/h12-14H,3-11H2,1-2H3/t12-,13-,14?,15?/m1/s1. The van der Waals surface area contributed by atoms with E-state index >= 15 is 0 Å². The molecule has 20 heavy (non-hydrogen) atoms. The molecule has 116 valence electrons. The molecule has 0 N–H and O–H groups in total. The molecule has 0 spiro atoms. The fraction of sp³-hybridized carbons (Fsp3) is 1.00. The molecule has 0 aromatic carbocycles. The molecule has 2 aliphatic rings. The lowest BCUT2D eigenvalue weighted by Crippen LogP contribution is -2.56. The number of ether oxygens (including phenoxy) is 1. The maximum Gasteiger partial charge on any atom is 0.295 e. The summed E-state index contributed by atoms with van der Waals surface area (Å²) in [7, 11) is 0. The van der Waals surface area contributed by atoms with Crippen LogP contribution in [-0.4, -0.2) is 22.9 Å². The first-order chi connectivity index (χ1) is 9.61. The summed E-state index contributed by atoms with van der Waals surface area (Å²) in [5, 5.41) is 10.4. The summed E-state index contributed by atoms with van der Waals surface area (Å²) < 4.78 is 6.22. The Kier molecular flexibility index (Phi) is 5.24. The van der Waals surface area contributed by atoms with Gasteiger partial charge in [0, 0.05) is 0 Å². The Morgan fingerprint density at radius 3 is 2.75 bits per heavy atom. The normalized spacial score (nSPS) is 37.2. The maximum absolute atomic E-state index is 11.0. The summed E-state index contributed by atoms with van der Waals surface area (Å²) in [5.74, 6) is 0.434. The van der Waals surface area contributed by atoms with Gasteiger partial charge in [0.05, 0.1) is 12.2 Å². The predicted molar refractivity (Wildman–Crippen MR) is 75.9 cm³/mol. The van der Waals surface area contributed by atoms with Gasteiger partial charge >= 0.3 is 0 Å². The molecule has 0 aromatic rings. The molecular formula is C15H27NO4. The van der Waals surface area contributed by atoms with E-state index in [0.29, 0.717) is 12.0 Å². The number of fused-ring (bicyclic) bond motifs is 1. The first-order valence-electron chi connectivity index (χ1n) is 8.10. The van der Waals surface area contributed by atoms with Crippen LogP contribution in [-0.2, 0) is 9.57 Å². The molecule has 1 saturated carbocycles. The molecule has 1 saturated heterocycles. The number of hydrogen-bond donors (Lipinski definition) is 0. The SMILES string of the molecule is CCCCC1(O[N+](=O)[O-])C[C@H]2CCCC[C@H]2OC1CC. The van der Waals surface area contributed by atoms with Gasteiger partial charge in [0.2, 0.25) is 0 Å². The Labute approximate surface area is 121 Å². The Morgan fingerprint density at radius 2 is 2.10 bits per heavy atom. The summed E-state index contributed by atoms with van der Waals surface area (Å²) in [4.78, 5) is 16.2. The van der Waals surface area contributed by atoms with Crippen LogP contribution < -0.4 is 0 Å². The van der Waals surface area contributed by atoms with Crippen molar-refractivity contribution in [3.8, 4) is 0 Å². The van der Waals surface area contributed by atoms with Gasteiger partial charge in [-0.3, -0.25) is 0 Å². The van der Waals surface area contributed by atoms with E-state index in [1.165, 1.54) is 12.8 Å². The second-order valence-corrected chi connectivity index (χ2v) is 6.30. The van der Waals surface area contributed by atoms with Gasteiger partial charge in [-0.15, -0.1) is 10.1 Å². The first kappa shape index (κ1) is 15.5. The van der Waals surface area contributed by atoms with Crippen molar-refractivity contribution in [1.82, 2.24) is 0 Å². The highest BCUT2D eigenvalue weighted by Gasteiger charge is 2.50. The van der Waals surface area contributed by atoms with Crippen LogP contribution in [0.15, 0.2) is 0 Å². The summed E-state index contributed by atoms with van der Waals surface area (Å²) in [6.07, 6.45) is 9.07. The predicted octanol–water partition coefficient (Wildman–Crippen LogP) is 3.88. The highest BCUT2D eigenvalue weighted by Crippen LogP contribution is 2.45. The van der Waals surface area contributed by atoms with E-state index in [2.05, 4.69) is 6.92 Å². The molecule has 5 heteroatoms. The van der Waals surface area contributed by atoms with E-state index < -0.39 is 10.7 Å². The van der Waals surface area contributed by atoms with E-state index in [1.807, 2.05) is 6.92 Å². The van der Waals surface area contributed by atoms with Crippen molar-refractivity contribution < 1.29 is 14.7 Å². The lowest BCUT2D eigenvalue weighted by molar-refractivity contribution is -0.786. The van der Waals surface area contributed by atoms with Crippen molar-refractivity contribution in [2.24, 2.45) is 5.92 Å². The molecular weight excluding hydrogens is 258 g/mol. The van der Waals surface area contributed by atoms with E-state index in [0.717, 1.165) is 44.9 Å². The van der Waals surface area contributed by atoms with Crippen LogP contribution in [0.5, 0.6) is 0 Å². The van der Waals surface area contributed by atoms with Crippen molar-refractivity contribution in [3.05, 3.63) is 10.1 Å². The number of nitrogens with zero attached hydrogens (tertiary/aromatic N) is 1. The molecule has 1 aliphatic heterocycles. The quantitative estimate of drug-likeness (QED) is 0.549. The van der Waals surface area contributed by atoms with Gasteiger partial charge in [-0.2, -0.15) is 0 Å². The smallest absolute Gasteiger partial charge is 0.295 e. The second-order valence-electron chi connectivity index (χ2n) is 6.30. The monoisotopic (exact) mass is 285 g/mol. The van der Waals surface area contributed by atoms with Crippen LogP contribution in [0, 0.1) is 16.0 Å². The van der Waals surface area contributed by atoms with Crippen LogP contribution in [0.3, 0.4) is 0 Å². The number of unbranched alkanes of at least 4 members (excludes halogenated alkanes) is 1. The van der Waals surface area contributed by atoms with Gasteiger partial charge in [-0.25, -0.2) is 0 Å². The van der Waals surface area contributed by atoms with Crippen molar-refractivity contribution in [2.45, 2.75) is 89.4 Å². The summed E-state index contributed by atoms with van der Waals surface area (Å²) in [6, 6.07) is 0. The van der Waals surface area contributed by atoms with Gasteiger partial charge in [0.25, 0.3) is 5.09 Å². The lowest BCUT2D eigenvalue weighted by Gasteiger charge is -2.49. The third kappa shape index (κ3) is 3.25. The molecule has 0 bridgehead atoms. The van der Waals surface area contributed by atoms with Gasteiger partial charge < -0.3 is 9.57 Å². The van der Waals surface area contributed by atoms with Crippen molar-refractivity contribution in [2.75, 3.05) is 0 Å². The van der Waals surface area contributed by atoms with Crippen LogP contribution in [0.2, 0.25) is 0 Å². The number of hydrogen-bond acceptors (Lipinski definition) is 4. The fourth-order valence-electron chi connectivity index (χ4n) is 3.99. The molecule has 4 atom stereocenters. The second kappa shape index (κ2) is 6.74. The Balaban J connectivity index is 2.18. The van der Waals surface area contributed by atoms with Crippen molar-refractivity contribution in [1.29, 1.82) is 0 Å². The zero-order chi connectivity index (χ0) is 14.6. The Morgan fingerprint density at radius 1 is 1.35 bits per heavy atom. The summed E-state index contributed by atoms with van der Waals surface area (Å²) >= 11 is 0. The highest BCUT2D eigenvalue weighted by atomic mass is 17.0. The summed E-state index contributed by atoms with van der Waals surface area (Å²) in [6.45, 7) is 4.14. The van der Waals surface area contributed by atoms with E-state index in [-0.39, 0.29) is 6.10 Å². The molecule has 0 amide bonds. The van der Waals surface area contributed by atoms with E-state index in [4.69, 9.17) is 9.57 Å². The van der Waals surface area contributed by atoms with Crippen LogP contribution in [0.25, 0.3) is 0 Å². The largest absolute Gasteiger partial charge is 0.372 e. The minimum absolute atomic E-state index is 0.140. The molecule has 5 nitrogen and oxygen atoms in total. The zero-order valence-electron chi connectivity index (χ0n) is 12.7. The van der Waals surface area contributed by atoms with Crippen LogP contribution in [0.1, 0.15) is 71.6 Å². The van der Waals surface area contributed by atoms with E-state index in [9.17, 15) is 10.1 Å². The minimum atomic E-state index is -0.716. The first-order valence-corrected chi connectivity index (χ1v) is 8.10. The van der Waals surface area contributed by atoms with Crippen molar-refractivity contribution in [3.63, 3.8) is 0 Å². The summed E-state index contributed by atoms with van der Waals surface area (Å²) in [5.41, 5.74) is -0.716. The third-order valence-electron chi connectivity index (χ3n) is 4.95. The molecule has 2 unspecified atom stereocenters. The lowest BCUT2D eigenvalue weighted by atomic mass is 9.72. The van der Waals surface area contributed by atoms with Crippen LogP contribution in [0.4, 0.5) is 0 Å². The average molecular weight is 285 g/mol. The van der Waals surface area contributed by atoms with Crippen LogP contribution >= 0.6 is 0 Å². The van der Waals surface area contributed by atoms with Gasteiger partial charge in [0.15, 0.2) is 0 Å². The Bertz CT molecular complexity index is 336. The van der Waals surface area contributed by atoms with E-state index in [1.54, 1.807) is 0 Å². The molecule has 1 aliphatic carbocycles. The van der Waals surface area contributed by atoms with Crippen molar-refractivity contribution >= 4 is 0 Å². The maximum atomic E-state index is 11.0. The minimum Gasteiger partial charge on any atom is -0.372 e. The molecule has 2 rings (SSSR count). The van der Waals surface area contributed by atoms with Gasteiger partial charge in [-0.1, -0.05) is 39.5 Å². The molecule has 1 heterocycles. The zero-order valence-corrected chi connectivity index (χ0v) is 12.7. The Hall–Kier alpha value is -0.840. The fourth-order valence-corrected chi connectivity index (χ4v) is 3.99. The molecule has 0 aromatic heterocycles. The third-order valence-corrected chi connectivity index (χ3v) is 4.95. The van der Waals surface area contributed by atoms with Gasteiger partial charge in [-0.05, 0) is 38.0 Å². The molecule has 0 radical (unpaired) electrons.